The summed E-state index contributed by atoms with van der Waals surface area (Å²) in [7, 11) is 1.63. The number of hydrogen-bond acceptors (Lipinski definition) is 7. The van der Waals surface area contributed by atoms with Crippen LogP contribution in [0, 0.1) is 0 Å². The van der Waals surface area contributed by atoms with Gasteiger partial charge >= 0.3 is 5.97 Å². The highest BCUT2D eigenvalue weighted by Gasteiger charge is 2.33. The van der Waals surface area contributed by atoms with Crippen molar-refractivity contribution in [2.75, 3.05) is 31.7 Å². The van der Waals surface area contributed by atoms with Gasteiger partial charge in [-0.3, -0.25) is 9.36 Å². The molecule has 0 N–H and O–H groups in total. The molecule has 2 heterocycles. The number of allylic oxidation sites excluding steroid dienone is 1. The van der Waals surface area contributed by atoms with E-state index in [4.69, 9.17) is 9.47 Å². The molecule has 3 aromatic rings. The van der Waals surface area contributed by atoms with Crippen LogP contribution >= 0.6 is 27.3 Å². The van der Waals surface area contributed by atoms with E-state index in [1.807, 2.05) is 48.5 Å². The molecule has 0 aliphatic carbocycles. The second-order valence-electron chi connectivity index (χ2n) is 8.45. The molecule has 9 heteroatoms. The minimum absolute atomic E-state index is 0.221. The van der Waals surface area contributed by atoms with E-state index in [1.165, 1.54) is 11.3 Å². The van der Waals surface area contributed by atoms with Crippen molar-refractivity contribution >= 4 is 45.0 Å². The number of hydrogen-bond donors (Lipinski definition) is 0. The standard InChI is InChI=1S/C28H30BrN3O4S/c1-6-31(7-2)21-14-11-19(22(16-21)35-5)15-23-26(33)32-25(18-9-12-20(29)13-10-18)24(27(34)36-8-3)17(4)30-28(32)37-23/h9-16,25H,6-8H2,1-5H3/b23-15-/t25-/m0/s1. The Kier molecular flexibility index (Phi) is 8.34. The van der Waals surface area contributed by atoms with Crippen molar-refractivity contribution in [2.45, 2.75) is 33.7 Å². The molecule has 0 radical (unpaired) electrons. The molecule has 1 aliphatic heterocycles. The largest absolute Gasteiger partial charge is 0.496 e. The van der Waals surface area contributed by atoms with E-state index < -0.39 is 12.0 Å². The van der Waals surface area contributed by atoms with Crippen LogP contribution in [0.5, 0.6) is 5.75 Å². The van der Waals surface area contributed by atoms with Crippen LogP contribution in [-0.2, 0) is 9.53 Å². The number of methoxy groups -OCH3 is 1. The summed E-state index contributed by atoms with van der Waals surface area (Å²) < 4.78 is 14.0. The average Bonchev–Trinajstić information content (AvgIpc) is 3.19. The van der Waals surface area contributed by atoms with Gasteiger partial charge in [0.1, 0.15) is 5.75 Å². The summed E-state index contributed by atoms with van der Waals surface area (Å²) in [5, 5.41) is 0. The lowest BCUT2D eigenvalue weighted by atomic mass is 9.96. The summed E-state index contributed by atoms with van der Waals surface area (Å²) >= 11 is 4.76. The number of nitrogens with zero attached hydrogens (tertiary/aromatic N) is 3. The molecule has 2 aromatic carbocycles. The van der Waals surface area contributed by atoms with Gasteiger partial charge in [-0.05, 0) is 63.6 Å². The third-order valence-corrected chi connectivity index (χ3v) is 7.85. The van der Waals surface area contributed by atoms with E-state index in [-0.39, 0.29) is 12.2 Å². The van der Waals surface area contributed by atoms with E-state index in [2.05, 4.69) is 39.7 Å². The fraction of sp³-hybridized carbons (Fsp3) is 0.321. The van der Waals surface area contributed by atoms with Crippen molar-refractivity contribution in [3.8, 4) is 5.75 Å². The van der Waals surface area contributed by atoms with Gasteiger partial charge in [-0.25, -0.2) is 9.79 Å². The first-order valence-corrected chi connectivity index (χ1v) is 13.8. The molecule has 0 saturated heterocycles. The molecule has 0 saturated carbocycles. The van der Waals surface area contributed by atoms with Crippen LogP contribution in [0.2, 0.25) is 0 Å². The molecule has 7 nitrogen and oxygen atoms in total. The zero-order valence-electron chi connectivity index (χ0n) is 21.6. The minimum Gasteiger partial charge on any atom is -0.496 e. The molecule has 194 valence electrons. The number of rotatable bonds is 8. The Hall–Kier alpha value is -3.17. The number of halogens is 1. The molecular formula is C28H30BrN3O4S. The van der Waals surface area contributed by atoms with E-state index in [0.29, 0.717) is 26.4 Å². The fourth-order valence-corrected chi connectivity index (χ4v) is 5.80. The number of aromatic nitrogens is 1. The lowest BCUT2D eigenvalue weighted by Crippen LogP contribution is -2.39. The second kappa shape index (κ2) is 11.5. The first-order valence-electron chi connectivity index (χ1n) is 12.2. The minimum atomic E-state index is -0.641. The summed E-state index contributed by atoms with van der Waals surface area (Å²) in [5.74, 6) is 0.211. The van der Waals surface area contributed by atoms with Crippen molar-refractivity contribution in [2.24, 2.45) is 4.99 Å². The summed E-state index contributed by atoms with van der Waals surface area (Å²) in [6, 6.07) is 12.9. The van der Waals surface area contributed by atoms with Crippen molar-refractivity contribution < 1.29 is 14.3 Å². The van der Waals surface area contributed by atoms with E-state index in [0.717, 1.165) is 34.4 Å². The number of thiazole rings is 1. The lowest BCUT2D eigenvalue weighted by Gasteiger charge is -2.24. The van der Waals surface area contributed by atoms with E-state index in [1.54, 1.807) is 25.5 Å². The number of ether oxygens (including phenoxy) is 2. The van der Waals surface area contributed by atoms with Crippen molar-refractivity contribution in [1.29, 1.82) is 0 Å². The number of benzene rings is 2. The quantitative estimate of drug-likeness (QED) is 0.367. The Labute approximate surface area is 228 Å². The highest BCUT2D eigenvalue weighted by atomic mass is 79.9. The highest BCUT2D eigenvalue weighted by molar-refractivity contribution is 9.10. The van der Waals surface area contributed by atoms with Gasteiger partial charge in [0.05, 0.1) is 35.6 Å². The van der Waals surface area contributed by atoms with Crippen LogP contribution in [0.15, 0.2) is 68.0 Å². The van der Waals surface area contributed by atoms with E-state index in [9.17, 15) is 9.59 Å². The van der Waals surface area contributed by atoms with E-state index >= 15 is 0 Å². The summed E-state index contributed by atoms with van der Waals surface area (Å²) in [4.78, 5) is 34.2. The van der Waals surface area contributed by atoms with Crippen molar-refractivity contribution in [3.63, 3.8) is 0 Å². The van der Waals surface area contributed by atoms with Gasteiger partial charge in [0.25, 0.3) is 5.56 Å². The highest BCUT2D eigenvalue weighted by Crippen LogP contribution is 2.31. The molecule has 37 heavy (non-hydrogen) atoms. The zero-order chi connectivity index (χ0) is 26.7. The van der Waals surface area contributed by atoms with Gasteiger partial charge in [0, 0.05) is 34.9 Å². The van der Waals surface area contributed by atoms with Gasteiger partial charge in [0.2, 0.25) is 0 Å². The Morgan fingerprint density at radius 3 is 2.49 bits per heavy atom. The van der Waals surface area contributed by atoms with Crippen molar-refractivity contribution in [3.05, 3.63) is 89.0 Å². The Bertz CT molecular complexity index is 1520. The summed E-state index contributed by atoms with van der Waals surface area (Å²) in [6.45, 7) is 9.76. The first-order chi connectivity index (χ1) is 17.8. The third kappa shape index (κ3) is 5.29. The molecule has 0 amide bonds. The normalized spacial score (nSPS) is 15.3. The maximum absolute atomic E-state index is 13.8. The van der Waals surface area contributed by atoms with Crippen LogP contribution in [0.4, 0.5) is 5.69 Å². The number of carbonyl (C=O) groups is 1. The number of esters is 1. The Balaban J connectivity index is 1.90. The first kappa shape index (κ1) is 26.9. The zero-order valence-corrected chi connectivity index (χ0v) is 24.0. The smallest absolute Gasteiger partial charge is 0.338 e. The van der Waals surface area contributed by atoms with Gasteiger partial charge in [-0.15, -0.1) is 0 Å². The molecule has 0 bridgehead atoms. The van der Waals surface area contributed by atoms with Gasteiger partial charge < -0.3 is 14.4 Å². The monoisotopic (exact) mass is 583 g/mol. The number of anilines is 1. The average molecular weight is 585 g/mol. The number of carbonyl (C=O) groups excluding carboxylic acids is 1. The van der Waals surface area contributed by atoms with Crippen LogP contribution in [0.1, 0.15) is 44.9 Å². The topological polar surface area (TPSA) is 73.1 Å². The molecule has 4 rings (SSSR count). The van der Waals surface area contributed by atoms with Crippen LogP contribution < -0.4 is 24.5 Å². The third-order valence-electron chi connectivity index (χ3n) is 6.34. The second-order valence-corrected chi connectivity index (χ2v) is 10.4. The predicted molar refractivity (Wildman–Crippen MR) is 151 cm³/mol. The summed E-state index contributed by atoms with van der Waals surface area (Å²) in [6.07, 6.45) is 1.83. The molecule has 0 spiro atoms. The van der Waals surface area contributed by atoms with Gasteiger partial charge in [0.15, 0.2) is 4.80 Å². The summed E-state index contributed by atoms with van der Waals surface area (Å²) in [5.41, 5.74) is 3.34. The van der Waals surface area contributed by atoms with Gasteiger partial charge in [-0.2, -0.15) is 0 Å². The van der Waals surface area contributed by atoms with Gasteiger partial charge in [-0.1, -0.05) is 39.4 Å². The molecule has 1 atom stereocenters. The van der Waals surface area contributed by atoms with Crippen molar-refractivity contribution in [1.82, 2.24) is 4.57 Å². The van der Waals surface area contributed by atoms with Crippen LogP contribution in [0.3, 0.4) is 0 Å². The van der Waals surface area contributed by atoms with Crippen LogP contribution in [-0.4, -0.2) is 37.3 Å². The maximum Gasteiger partial charge on any atom is 0.338 e. The van der Waals surface area contributed by atoms with Crippen LogP contribution in [0.25, 0.3) is 6.08 Å². The SMILES string of the molecule is CCOC(=O)C1=C(C)N=c2s/c(=C\c3ccc(N(CC)CC)cc3OC)c(=O)n2[C@H]1c1ccc(Br)cc1. The molecule has 1 aromatic heterocycles. The maximum atomic E-state index is 13.8. The molecular weight excluding hydrogens is 554 g/mol. The lowest BCUT2D eigenvalue weighted by molar-refractivity contribution is -0.139. The molecule has 0 fully saturated rings. The fourth-order valence-electron chi connectivity index (χ4n) is 4.50. The molecule has 0 unspecified atom stereocenters. The number of fused-ring (bicyclic) bond motifs is 1. The molecule has 1 aliphatic rings. The Morgan fingerprint density at radius 1 is 1.16 bits per heavy atom. The Morgan fingerprint density at radius 2 is 1.86 bits per heavy atom. The predicted octanol–water partition coefficient (Wildman–Crippen LogP) is 4.42.